The number of hydrogen-bond acceptors (Lipinski definition) is 5. The zero-order valence-corrected chi connectivity index (χ0v) is 22.6. The molecular formula is C27H40N2O4S. The first-order valence-electron chi connectivity index (χ1n) is 11.5. The molecule has 1 heterocycles. The average molecular weight is 489 g/mol. The lowest BCUT2D eigenvalue weighted by molar-refractivity contribution is -0.146. The van der Waals surface area contributed by atoms with Gasteiger partial charge in [0, 0.05) is 24.9 Å². The van der Waals surface area contributed by atoms with E-state index in [0.29, 0.717) is 4.99 Å². The van der Waals surface area contributed by atoms with Crippen LogP contribution in [0.15, 0.2) is 54.8 Å². The van der Waals surface area contributed by atoms with Crippen molar-refractivity contribution in [3.8, 4) is 0 Å². The molecule has 6 nitrogen and oxygen atoms in total. The fourth-order valence-electron chi connectivity index (χ4n) is 4.06. The summed E-state index contributed by atoms with van der Waals surface area (Å²) in [5.41, 5.74) is 1.66. The number of allylic oxidation sites excluding steroid dienone is 4. The number of methoxy groups -OCH3 is 2. The van der Waals surface area contributed by atoms with Gasteiger partial charge in [-0.25, -0.2) is 9.59 Å². The van der Waals surface area contributed by atoms with Gasteiger partial charge in [-0.3, -0.25) is 4.57 Å². The van der Waals surface area contributed by atoms with Crippen LogP contribution < -0.4 is 0 Å². The summed E-state index contributed by atoms with van der Waals surface area (Å²) in [5, 5.41) is 0. The molecule has 0 aliphatic heterocycles. The number of rotatable bonds is 11. The molecule has 0 fully saturated rings. The van der Waals surface area contributed by atoms with Crippen LogP contribution in [0.3, 0.4) is 0 Å². The number of nitrogens with zero attached hydrogens (tertiary/aromatic N) is 2. The predicted octanol–water partition coefficient (Wildman–Crippen LogP) is 6.14. The highest BCUT2D eigenvalue weighted by atomic mass is 32.1. The quantitative estimate of drug-likeness (QED) is 0.161. The molecule has 0 N–H and O–H groups in total. The predicted molar refractivity (Wildman–Crippen MR) is 142 cm³/mol. The fourth-order valence-corrected chi connectivity index (χ4v) is 4.25. The van der Waals surface area contributed by atoms with Crippen LogP contribution in [-0.4, -0.2) is 53.8 Å². The third kappa shape index (κ3) is 7.42. The second-order valence-corrected chi connectivity index (χ2v) is 9.72. The van der Waals surface area contributed by atoms with Gasteiger partial charge < -0.3 is 14.4 Å². The van der Waals surface area contributed by atoms with Crippen molar-refractivity contribution in [3.63, 3.8) is 0 Å². The molecule has 0 amide bonds. The van der Waals surface area contributed by atoms with Gasteiger partial charge in [0.1, 0.15) is 11.0 Å². The molecule has 1 aromatic rings. The molecule has 0 spiro atoms. The van der Waals surface area contributed by atoms with Crippen molar-refractivity contribution in [2.24, 2.45) is 11.3 Å². The first kappa shape index (κ1) is 29.4. The molecule has 0 aromatic carbocycles. The molecular weight excluding hydrogens is 448 g/mol. The summed E-state index contributed by atoms with van der Waals surface area (Å²) in [6, 6.07) is 3.23. The minimum atomic E-state index is -0.497. The summed E-state index contributed by atoms with van der Waals surface area (Å²) in [6.07, 6.45) is 10.9. The Hall–Kier alpha value is -2.67. The Kier molecular flexibility index (Phi) is 11.5. The van der Waals surface area contributed by atoms with Gasteiger partial charge in [0.2, 0.25) is 0 Å². The number of esters is 1. The largest absolute Gasteiger partial charge is 0.467 e. The molecule has 0 bridgehead atoms. The second-order valence-electron chi connectivity index (χ2n) is 9.30. The SMILES string of the molecule is C=C[C@@](C)(CCC=C(C)C)C(/C=C\C(=S)N(C)[C@H](C(=O)OC)C(C)C)c1cccn1C(=O)OC. The minimum Gasteiger partial charge on any atom is -0.467 e. The zero-order chi connectivity index (χ0) is 26.1. The van der Waals surface area contributed by atoms with Crippen molar-refractivity contribution in [3.05, 3.63) is 60.5 Å². The lowest BCUT2D eigenvalue weighted by Crippen LogP contribution is -2.45. The van der Waals surface area contributed by atoms with Crippen LogP contribution in [0.2, 0.25) is 0 Å². The molecule has 188 valence electrons. The van der Waals surface area contributed by atoms with E-state index >= 15 is 0 Å². The molecule has 1 aromatic heterocycles. The van der Waals surface area contributed by atoms with Crippen LogP contribution >= 0.6 is 12.2 Å². The number of hydrogen-bond donors (Lipinski definition) is 0. The zero-order valence-electron chi connectivity index (χ0n) is 21.8. The van der Waals surface area contributed by atoms with Gasteiger partial charge in [-0.2, -0.15) is 0 Å². The van der Waals surface area contributed by atoms with Crippen LogP contribution in [0.1, 0.15) is 59.1 Å². The topological polar surface area (TPSA) is 60.8 Å². The first-order chi connectivity index (χ1) is 15.9. The number of ether oxygens (including phenoxy) is 2. The fraction of sp³-hybridized carbons (Fsp3) is 0.519. The van der Waals surface area contributed by atoms with Crippen molar-refractivity contribution < 1.29 is 19.1 Å². The van der Waals surface area contributed by atoms with Crippen LogP contribution in [-0.2, 0) is 14.3 Å². The normalized spacial score (nSPS) is 14.7. The van der Waals surface area contributed by atoms with Gasteiger partial charge in [-0.15, -0.1) is 6.58 Å². The van der Waals surface area contributed by atoms with Gasteiger partial charge in [0.05, 0.1) is 14.2 Å². The maximum atomic E-state index is 12.4. The van der Waals surface area contributed by atoms with Crippen LogP contribution in [0.25, 0.3) is 0 Å². The standard InChI is InChI=1S/C27H40N2O4S/c1-10-27(6,17-11-13-19(2)3)21(22-14-12-18-29(22)26(31)33-9)15-16-23(34)28(7)24(20(4)5)25(30)32-8/h10,12-16,18,20-21,24H,1,11,17H2,2-9H3/b16-15-/t21?,24-,27-/m0/s1. The maximum Gasteiger partial charge on any atom is 0.417 e. The van der Waals surface area contributed by atoms with E-state index in [0.717, 1.165) is 18.5 Å². The van der Waals surface area contributed by atoms with E-state index in [9.17, 15) is 9.59 Å². The Bertz CT molecular complexity index is 927. The van der Waals surface area contributed by atoms with Gasteiger partial charge in [0.15, 0.2) is 0 Å². The molecule has 0 saturated carbocycles. The Labute approximate surface area is 210 Å². The summed E-state index contributed by atoms with van der Waals surface area (Å²) < 4.78 is 11.5. The average Bonchev–Trinajstić information content (AvgIpc) is 3.27. The number of likely N-dealkylation sites (N-methyl/N-ethyl adjacent to an activating group) is 1. The summed E-state index contributed by atoms with van der Waals surface area (Å²) in [4.78, 5) is 27.0. The van der Waals surface area contributed by atoms with Crippen LogP contribution in [0.5, 0.6) is 0 Å². The van der Waals surface area contributed by atoms with E-state index in [1.165, 1.54) is 24.4 Å². The second kappa shape index (κ2) is 13.3. The van der Waals surface area contributed by atoms with Crippen LogP contribution in [0, 0.1) is 11.3 Å². The van der Waals surface area contributed by atoms with E-state index in [1.54, 1.807) is 18.1 Å². The lowest BCUT2D eigenvalue weighted by Gasteiger charge is -2.34. The van der Waals surface area contributed by atoms with Crippen molar-refractivity contribution in [1.82, 2.24) is 9.47 Å². The monoisotopic (exact) mass is 488 g/mol. The number of carbonyl (C=O) groups excluding carboxylic acids is 2. The molecule has 0 saturated heterocycles. The van der Waals surface area contributed by atoms with E-state index in [4.69, 9.17) is 21.7 Å². The summed E-state index contributed by atoms with van der Waals surface area (Å²) >= 11 is 5.67. The molecule has 0 aliphatic rings. The Morgan fingerprint density at radius 3 is 2.41 bits per heavy atom. The van der Waals surface area contributed by atoms with Crippen molar-refractivity contribution >= 4 is 29.3 Å². The molecule has 0 aliphatic carbocycles. The van der Waals surface area contributed by atoms with Crippen molar-refractivity contribution in [2.75, 3.05) is 21.3 Å². The number of thiocarbonyl (C=S) groups is 1. The number of aromatic nitrogens is 1. The minimum absolute atomic E-state index is 0.0127. The highest BCUT2D eigenvalue weighted by Crippen LogP contribution is 2.42. The Morgan fingerprint density at radius 1 is 1.26 bits per heavy atom. The Balaban J connectivity index is 3.45. The Morgan fingerprint density at radius 2 is 1.91 bits per heavy atom. The third-order valence-electron chi connectivity index (χ3n) is 6.15. The summed E-state index contributed by atoms with van der Waals surface area (Å²) in [5.74, 6) is -0.535. The van der Waals surface area contributed by atoms with E-state index in [-0.39, 0.29) is 23.2 Å². The van der Waals surface area contributed by atoms with Gasteiger partial charge in [-0.1, -0.05) is 56.8 Å². The lowest BCUT2D eigenvalue weighted by atomic mass is 9.72. The molecule has 1 unspecified atom stereocenters. The van der Waals surface area contributed by atoms with E-state index in [1.807, 2.05) is 44.2 Å². The van der Waals surface area contributed by atoms with Gasteiger partial charge in [0.25, 0.3) is 0 Å². The number of carbonyl (C=O) groups is 2. The molecule has 1 rings (SSSR count). The van der Waals surface area contributed by atoms with Crippen molar-refractivity contribution in [2.45, 2.75) is 59.4 Å². The smallest absolute Gasteiger partial charge is 0.417 e. The summed E-state index contributed by atoms with van der Waals surface area (Å²) in [7, 11) is 4.53. The maximum absolute atomic E-state index is 12.4. The van der Waals surface area contributed by atoms with Crippen molar-refractivity contribution in [1.29, 1.82) is 0 Å². The third-order valence-corrected chi connectivity index (χ3v) is 6.58. The molecule has 34 heavy (non-hydrogen) atoms. The molecule has 3 atom stereocenters. The summed E-state index contributed by atoms with van der Waals surface area (Å²) in [6.45, 7) is 14.3. The highest BCUT2D eigenvalue weighted by molar-refractivity contribution is 7.80. The van der Waals surface area contributed by atoms with E-state index < -0.39 is 12.1 Å². The molecule has 0 radical (unpaired) electrons. The highest BCUT2D eigenvalue weighted by Gasteiger charge is 2.34. The van der Waals surface area contributed by atoms with Crippen LogP contribution in [0.4, 0.5) is 4.79 Å². The van der Waals surface area contributed by atoms with E-state index in [2.05, 4.69) is 33.4 Å². The van der Waals surface area contributed by atoms with Gasteiger partial charge in [-0.05, 0) is 56.2 Å². The molecule has 7 heteroatoms. The van der Waals surface area contributed by atoms with Gasteiger partial charge >= 0.3 is 12.1 Å². The first-order valence-corrected chi connectivity index (χ1v) is 11.9.